The van der Waals surface area contributed by atoms with Gasteiger partial charge in [-0.25, -0.2) is 13.9 Å². The third kappa shape index (κ3) is 7.66. The number of H-pyrrole nitrogens is 1. The molecule has 3 heterocycles. The molecule has 0 spiro atoms. The van der Waals surface area contributed by atoms with E-state index in [0.29, 0.717) is 0 Å². The number of hydrogen-bond acceptors (Lipinski definition) is 15. The molecule has 20 nitrogen and oxygen atoms in total. The molecule has 3 rings (SSSR count). The summed E-state index contributed by atoms with van der Waals surface area (Å²) in [7, 11) is -11.1. The molecular weight excluding hydrogens is 578 g/mol. The lowest BCUT2D eigenvalue weighted by Crippen LogP contribution is -2.64. The lowest BCUT2D eigenvalue weighted by Gasteiger charge is -2.42. The highest BCUT2D eigenvalue weighted by Crippen LogP contribution is 2.61. The fourth-order valence-corrected chi connectivity index (χ4v) is 5.97. The number of nitrogens with one attached hydrogen (secondary N) is 2. The van der Waals surface area contributed by atoms with Crippen molar-refractivity contribution in [3.8, 4) is 0 Å². The number of rotatable bonds is 10. The number of aromatic amines is 1. The molecule has 5 unspecified atom stereocenters. The van der Waals surface area contributed by atoms with Crippen molar-refractivity contribution in [2.24, 2.45) is 5.73 Å². The largest absolute Gasteiger partial charge is 0.483 e. The number of amides is 1. The highest BCUT2D eigenvalue weighted by atomic mass is 31.3. The van der Waals surface area contributed by atoms with Gasteiger partial charge in [-0.2, -0.15) is 4.31 Å². The van der Waals surface area contributed by atoms with Crippen LogP contribution >= 0.6 is 15.6 Å². The summed E-state index contributed by atoms with van der Waals surface area (Å²) in [6, 6.07) is -0.704. The second-order valence-electron chi connectivity index (χ2n) is 8.47. The van der Waals surface area contributed by atoms with E-state index >= 15 is 0 Å². The first-order valence-corrected chi connectivity index (χ1v) is 14.1. The Morgan fingerprint density at radius 2 is 1.72 bits per heavy atom. The number of aromatic nitrogens is 2. The van der Waals surface area contributed by atoms with Crippen molar-refractivity contribution in [1.29, 1.82) is 0 Å². The summed E-state index contributed by atoms with van der Waals surface area (Å²) < 4.78 is 49.5. The van der Waals surface area contributed by atoms with E-state index in [1.54, 1.807) is 0 Å². The van der Waals surface area contributed by atoms with Gasteiger partial charge in [-0.1, -0.05) is 0 Å². The summed E-state index contributed by atoms with van der Waals surface area (Å²) in [5.74, 6) is -0.765. The van der Waals surface area contributed by atoms with E-state index in [2.05, 4.69) is 14.2 Å². The van der Waals surface area contributed by atoms with Gasteiger partial charge in [0.2, 0.25) is 5.91 Å². The van der Waals surface area contributed by atoms with Crippen LogP contribution in [0.3, 0.4) is 0 Å². The van der Waals surface area contributed by atoms with Crippen LogP contribution < -0.4 is 22.3 Å². The molecule has 222 valence electrons. The summed E-state index contributed by atoms with van der Waals surface area (Å²) in [5.41, 5.74) is 3.68. The number of hydrogen-bond donors (Lipinski definition) is 9. The van der Waals surface area contributed by atoms with Crippen LogP contribution in [0.15, 0.2) is 21.9 Å². The van der Waals surface area contributed by atoms with E-state index in [4.69, 9.17) is 19.7 Å². The third-order valence-electron chi connectivity index (χ3n) is 5.61. The van der Waals surface area contributed by atoms with Gasteiger partial charge in [0.15, 0.2) is 12.5 Å². The Morgan fingerprint density at radius 1 is 1.08 bits per heavy atom. The first-order chi connectivity index (χ1) is 18.0. The number of nitrogens with zero attached hydrogens (tertiary/aromatic N) is 1. The molecule has 1 amide bonds. The van der Waals surface area contributed by atoms with Crippen LogP contribution in [0.2, 0.25) is 0 Å². The summed E-state index contributed by atoms with van der Waals surface area (Å²) in [6.45, 7) is -0.398. The van der Waals surface area contributed by atoms with Gasteiger partial charge in [0.1, 0.15) is 42.7 Å². The van der Waals surface area contributed by atoms with Gasteiger partial charge >= 0.3 is 21.3 Å². The van der Waals surface area contributed by atoms with E-state index in [1.807, 2.05) is 4.98 Å². The number of aliphatic hydroxyl groups excluding tert-OH is 4. The molecule has 39 heavy (non-hydrogen) atoms. The number of ether oxygens (including phenoxy) is 2. The molecule has 0 saturated carbocycles. The highest BCUT2D eigenvalue weighted by molar-refractivity contribution is 7.61. The topological polar surface area (TPSA) is 312 Å². The van der Waals surface area contributed by atoms with Crippen LogP contribution in [0, 0.1) is 0 Å². The molecule has 1 aromatic rings. The van der Waals surface area contributed by atoms with Gasteiger partial charge in [0, 0.05) is 25.7 Å². The maximum absolute atomic E-state index is 12.5. The van der Waals surface area contributed by atoms with Crippen LogP contribution in [0.25, 0.3) is 0 Å². The Bertz CT molecular complexity index is 1240. The molecule has 11 atom stereocenters. The quantitative estimate of drug-likeness (QED) is 0.113. The van der Waals surface area contributed by atoms with Gasteiger partial charge in [-0.3, -0.25) is 28.2 Å². The predicted molar refractivity (Wildman–Crippen MR) is 122 cm³/mol. The summed E-state index contributed by atoms with van der Waals surface area (Å²) in [4.78, 5) is 56.5. The molecule has 2 aliphatic heterocycles. The lowest BCUT2D eigenvalue weighted by molar-refractivity contribution is -0.238. The standard InChI is InChI=1S/C17H28N4O16P2/c1-6(22)19-10-13(26)11(24)7(4-18)35-16(10)36-39(31,32)37-38(29,30)33-5-8-12(25)14(27)15(34-8)21-3-2-9(23)20-17(21)28/h2-3,7-8,10-16,24-27H,4-5,18H2,1H3,(H,19,22)(H,29,30)(H,31,32)(H,20,23,28)/t7?,8-,10?,11-,12?,13?,14?,15-,16-/m1/s1. The Morgan fingerprint density at radius 3 is 2.31 bits per heavy atom. The molecule has 2 saturated heterocycles. The van der Waals surface area contributed by atoms with Crippen molar-refractivity contribution < 1.29 is 67.0 Å². The van der Waals surface area contributed by atoms with Crippen molar-refractivity contribution in [2.75, 3.05) is 13.2 Å². The number of carbonyl (C=O) groups is 1. The van der Waals surface area contributed by atoms with E-state index in [1.165, 1.54) is 0 Å². The van der Waals surface area contributed by atoms with Gasteiger partial charge in [-0.05, 0) is 0 Å². The zero-order valence-corrected chi connectivity index (χ0v) is 21.7. The Balaban J connectivity index is 1.66. The van der Waals surface area contributed by atoms with Crippen molar-refractivity contribution >= 4 is 21.6 Å². The number of aliphatic hydroxyl groups is 4. The van der Waals surface area contributed by atoms with Crippen molar-refractivity contribution in [3.63, 3.8) is 0 Å². The molecule has 0 aliphatic carbocycles. The Labute approximate surface area is 218 Å². The van der Waals surface area contributed by atoms with E-state index in [0.717, 1.165) is 23.8 Å². The first kappa shape index (κ1) is 31.7. The minimum Gasteiger partial charge on any atom is -0.388 e. The van der Waals surface area contributed by atoms with E-state index in [-0.39, 0.29) is 0 Å². The molecule has 22 heteroatoms. The minimum atomic E-state index is -5.59. The van der Waals surface area contributed by atoms with Crippen LogP contribution in [0.1, 0.15) is 13.2 Å². The first-order valence-electron chi connectivity index (χ1n) is 11.1. The average molecular weight is 606 g/mol. The van der Waals surface area contributed by atoms with Crippen LogP contribution in [0.4, 0.5) is 0 Å². The average Bonchev–Trinajstić information content (AvgIpc) is 3.10. The van der Waals surface area contributed by atoms with Crippen molar-refractivity contribution in [3.05, 3.63) is 33.1 Å². The van der Waals surface area contributed by atoms with E-state index in [9.17, 15) is 53.7 Å². The zero-order valence-electron chi connectivity index (χ0n) is 19.9. The number of carbonyl (C=O) groups excluding carboxylic acids is 1. The van der Waals surface area contributed by atoms with Crippen LogP contribution in [-0.4, -0.2) is 108 Å². The summed E-state index contributed by atoms with van der Waals surface area (Å²) in [6.07, 6.45) is -12.5. The smallest absolute Gasteiger partial charge is 0.388 e. The molecule has 0 radical (unpaired) electrons. The number of phosphoric acid groups is 2. The second-order valence-corrected chi connectivity index (χ2v) is 11.5. The summed E-state index contributed by atoms with van der Waals surface area (Å²) >= 11 is 0. The molecular formula is C17H28N4O16P2. The SMILES string of the molecule is CC(=O)NC1C(O)[C@H](O)C(CN)O[C@@H]1O[P@@](=O)(O)O[P@@](=O)(O)OC[C@H]1O[C@@H](n2ccc(=O)[nH]c2=O)C(O)C1O. The molecule has 0 aromatic carbocycles. The van der Waals surface area contributed by atoms with Gasteiger partial charge in [-0.15, -0.1) is 0 Å². The Hall–Kier alpha value is -1.87. The zero-order chi connectivity index (χ0) is 29.3. The van der Waals surface area contributed by atoms with Crippen LogP contribution in [-0.2, 0) is 36.8 Å². The normalized spacial score (nSPS) is 36.2. The van der Waals surface area contributed by atoms with Gasteiger partial charge < -0.3 is 50.7 Å². The fourth-order valence-electron chi connectivity index (χ4n) is 3.80. The minimum absolute atomic E-state index is 0.398. The number of phosphoric ester groups is 2. The van der Waals surface area contributed by atoms with Gasteiger partial charge in [0.25, 0.3) is 5.56 Å². The third-order valence-corrected chi connectivity index (χ3v) is 8.21. The fraction of sp³-hybridized carbons (Fsp3) is 0.706. The van der Waals surface area contributed by atoms with Crippen molar-refractivity contribution in [1.82, 2.24) is 14.9 Å². The number of nitrogens with two attached hydrogens (primary N) is 1. The van der Waals surface area contributed by atoms with E-state index < -0.39 is 101 Å². The van der Waals surface area contributed by atoms with Crippen LogP contribution in [0.5, 0.6) is 0 Å². The molecule has 0 bridgehead atoms. The molecule has 2 aliphatic rings. The monoisotopic (exact) mass is 606 g/mol. The highest BCUT2D eigenvalue weighted by Gasteiger charge is 2.50. The lowest BCUT2D eigenvalue weighted by atomic mass is 9.97. The Kier molecular flexibility index (Phi) is 10.0. The van der Waals surface area contributed by atoms with Gasteiger partial charge in [0.05, 0.1) is 6.61 Å². The maximum atomic E-state index is 12.5. The maximum Gasteiger partial charge on any atom is 0.483 e. The predicted octanol–water partition coefficient (Wildman–Crippen LogP) is -4.68. The molecule has 10 N–H and O–H groups in total. The van der Waals surface area contributed by atoms with Crippen molar-refractivity contribution in [2.45, 2.75) is 62.1 Å². The molecule has 2 fully saturated rings. The summed E-state index contributed by atoms with van der Waals surface area (Å²) in [5, 5.41) is 42.8. The molecule has 1 aromatic heterocycles. The second kappa shape index (κ2) is 12.3.